The van der Waals surface area contributed by atoms with Crippen LogP contribution in [0.2, 0.25) is 0 Å². The third kappa shape index (κ3) is 2.54. The summed E-state index contributed by atoms with van der Waals surface area (Å²) < 4.78 is 13.0. The zero-order chi connectivity index (χ0) is 6.74. The molecule has 1 unspecified atom stereocenters. The van der Waals surface area contributed by atoms with Crippen LogP contribution in [-0.4, -0.2) is 30.3 Å². The highest BCUT2D eigenvalue weighted by Gasteiger charge is 2.24. The smallest absolute Gasteiger partial charge is 0.129 e. The molecule has 0 aromatic carbocycles. The number of hydrogen-bond acceptors (Lipinski definition) is 2. The first-order chi connectivity index (χ1) is 4.21. The molecule has 1 nitrogen and oxygen atoms in total. The average molecular weight is 149 g/mol. The predicted molar refractivity (Wildman–Crippen MR) is 39.7 cm³/mol. The van der Waals surface area contributed by atoms with Crippen molar-refractivity contribution >= 4 is 11.8 Å². The van der Waals surface area contributed by atoms with Gasteiger partial charge in [-0.05, 0) is 6.92 Å². The number of halogens is 1. The van der Waals surface area contributed by atoms with Crippen LogP contribution in [0.5, 0.6) is 0 Å². The normalized spacial score (nSPS) is 38.0. The topological polar surface area (TPSA) is 12.0 Å². The maximum absolute atomic E-state index is 13.0. The second kappa shape index (κ2) is 2.88. The second-order valence-corrected chi connectivity index (χ2v) is 3.75. The first-order valence-corrected chi connectivity index (χ1v) is 4.34. The van der Waals surface area contributed by atoms with Crippen LogP contribution in [-0.2, 0) is 0 Å². The average Bonchev–Trinajstić information content (AvgIpc) is 1.92. The van der Waals surface area contributed by atoms with Gasteiger partial charge in [-0.2, -0.15) is 11.8 Å². The molecule has 0 radical (unpaired) electrons. The minimum atomic E-state index is -0.985. The molecule has 0 aliphatic carbocycles. The van der Waals surface area contributed by atoms with E-state index in [1.165, 1.54) is 0 Å². The van der Waals surface area contributed by atoms with Crippen molar-refractivity contribution in [1.82, 2.24) is 5.32 Å². The number of rotatable bonds is 0. The van der Waals surface area contributed by atoms with Crippen molar-refractivity contribution in [2.45, 2.75) is 12.6 Å². The maximum atomic E-state index is 13.0. The third-order valence-electron chi connectivity index (χ3n) is 1.32. The molecule has 9 heavy (non-hydrogen) atoms. The molecule has 1 saturated heterocycles. The molecule has 3 heteroatoms. The van der Waals surface area contributed by atoms with Gasteiger partial charge in [-0.3, -0.25) is 0 Å². The van der Waals surface area contributed by atoms with Crippen LogP contribution >= 0.6 is 11.8 Å². The molecule has 1 atom stereocenters. The molecule has 1 heterocycles. The van der Waals surface area contributed by atoms with Crippen molar-refractivity contribution in [3.8, 4) is 0 Å². The molecular formula is C6H12FNS. The van der Waals surface area contributed by atoms with Crippen molar-refractivity contribution in [2.24, 2.45) is 0 Å². The fraction of sp³-hybridized carbons (Fsp3) is 1.00. The standard InChI is InChI=1S/C6H12FNS/c1-6(7)4-8-2-3-9-5-6/h8H,2-5H2,1H3. The molecule has 1 aliphatic rings. The second-order valence-electron chi connectivity index (χ2n) is 2.64. The van der Waals surface area contributed by atoms with E-state index in [9.17, 15) is 4.39 Å². The van der Waals surface area contributed by atoms with Crippen molar-refractivity contribution in [1.29, 1.82) is 0 Å². The predicted octanol–water partition coefficient (Wildman–Crippen LogP) is 1.05. The number of nitrogens with one attached hydrogen (secondary N) is 1. The highest BCUT2D eigenvalue weighted by atomic mass is 32.2. The van der Waals surface area contributed by atoms with Crippen molar-refractivity contribution in [3.05, 3.63) is 0 Å². The highest BCUT2D eigenvalue weighted by Crippen LogP contribution is 2.18. The molecule has 0 aromatic heterocycles. The van der Waals surface area contributed by atoms with E-state index in [-0.39, 0.29) is 0 Å². The van der Waals surface area contributed by atoms with Crippen LogP contribution in [0.4, 0.5) is 4.39 Å². The SMILES string of the molecule is CC1(F)CNCCSC1. The van der Waals surface area contributed by atoms with Gasteiger partial charge in [-0.1, -0.05) is 0 Å². The van der Waals surface area contributed by atoms with Gasteiger partial charge in [0.2, 0.25) is 0 Å². The summed E-state index contributed by atoms with van der Waals surface area (Å²) in [5, 5.41) is 3.04. The van der Waals surface area contributed by atoms with Gasteiger partial charge in [0.25, 0.3) is 0 Å². The molecule has 1 aliphatic heterocycles. The van der Waals surface area contributed by atoms with Gasteiger partial charge in [0.05, 0.1) is 0 Å². The first kappa shape index (κ1) is 7.35. The Hall–Kier alpha value is 0.240. The summed E-state index contributed by atoms with van der Waals surface area (Å²) in [5.41, 5.74) is -0.985. The lowest BCUT2D eigenvalue weighted by Crippen LogP contribution is -2.33. The van der Waals surface area contributed by atoms with Gasteiger partial charge < -0.3 is 5.32 Å². The number of hydrogen-bond donors (Lipinski definition) is 1. The molecule has 0 saturated carbocycles. The maximum Gasteiger partial charge on any atom is 0.129 e. The lowest BCUT2D eigenvalue weighted by Gasteiger charge is -2.15. The Bertz CT molecular complexity index is 85.1. The third-order valence-corrected chi connectivity index (χ3v) is 2.62. The van der Waals surface area contributed by atoms with Gasteiger partial charge in [-0.15, -0.1) is 0 Å². The zero-order valence-electron chi connectivity index (χ0n) is 5.61. The summed E-state index contributed by atoms with van der Waals surface area (Å²) >= 11 is 1.69. The Morgan fingerprint density at radius 2 is 2.44 bits per heavy atom. The fourth-order valence-electron chi connectivity index (χ4n) is 0.829. The van der Waals surface area contributed by atoms with E-state index in [4.69, 9.17) is 0 Å². The van der Waals surface area contributed by atoms with Crippen LogP contribution in [0.1, 0.15) is 6.92 Å². The highest BCUT2D eigenvalue weighted by molar-refractivity contribution is 7.99. The molecular weight excluding hydrogens is 137 g/mol. The molecule has 1 fully saturated rings. The summed E-state index contributed by atoms with van der Waals surface area (Å²) in [6.07, 6.45) is 0. The van der Waals surface area contributed by atoms with E-state index in [0.717, 1.165) is 12.3 Å². The van der Waals surface area contributed by atoms with Crippen molar-refractivity contribution in [3.63, 3.8) is 0 Å². The Labute approximate surface area is 59.4 Å². The van der Waals surface area contributed by atoms with E-state index in [2.05, 4.69) is 5.32 Å². The van der Waals surface area contributed by atoms with Crippen molar-refractivity contribution in [2.75, 3.05) is 24.6 Å². The summed E-state index contributed by atoms with van der Waals surface area (Å²) in [6, 6.07) is 0. The monoisotopic (exact) mass is 149 g/mol. The Morgan fingerprint density at radius 1 is 1.67 bits per heavy atom. The number of thioether (sulfide) groups is 1. The minimum Gasteiger partial charge on any atom is -0.313 e. The lowest BCUT2D eigenvalue weighted by atomic mass is 10.2. The van der Waals surface area contributed by atoms with E-state index >= 15 is 0 Å². The van der Waals surface area contributed by atoms with Gasteiger partial charge >= 0.3 is 0 Å². The van der Waals surface area contributed by atoms with Crippen LogP contribution in [0.3, 0.4) is 0 Å². The van der Waals surface area contributed by atoms with Gasteiger partial charge in [0.15, 0.2) is 0 Å². The summed E-state index contributed by atoms with van der Waals surface area (Å²) in [6.45, 7) is 3.11. The van der Waals surface area contributed by atoms with Crippen LogP contribution in [0.15, 0.2) is 0 Å². The summed E-state index contributed by atoms with van der Waals surface area (Å²) in [5.74, 6) is 1.68. The molecule has 1 N–H and O–H groups in total. The van der Waals surface area contributed by atoms with E-state index in [0.29, 0.717) is 12.3 Å². The molecule has 0 bridgehead atoms. The van der Waals surface area contributed by atoms with Gasteiger partial charge in [0.1, 0.15) is 5.67 Å². The van der Waals surface area contributed by atoms with Gasteiger partial charge in [0, 0.05) is 24.6 Å². The Morgan fingerprint density at radius 3 is 3.22 bits per heavy atom. The van der Waals surface area contributed by atoms with E-state index < -0.39 is 5.67 Å². The number of alkyl halides is 1. The summed E-state index contributed by atoms with van der Waals surface area (Å²) in [4.78, 5) is 0. The molecule has 0 amide bonds. The van der Waals surface area contributed by atoms with Crippen LogP contribution < -0.4 is 5.32 Å². The quantitative estimate of drug-likeness (QED) is 0.552. The fourth-order valence-corrected chi connectivity index (χ4v) is 1.79. The summed E-state index contributed by atoms with van der Waals surface area (Å²) in [7, 11) is 0. The van der Waals surface area contributed by atoms with E-state index in [1.54, 1.807) is 18.7 Å². The largest absolute Gasteiger partial charge is 0.313 e. The minimum absolute atomic E-state index is 0.514. The molecule has 0 aromatic rings. The first-order valence-electron chi connectivity index (χ1n) is 3.18. The van der Waals surface area contributed by atoms with Crippen LogP contribution in [0.25, 0.3) is 0 Å². The van der Waals surface area contributed by atoms with Crippen molar-refractivity contribution < 1.29 is 4.39 Å². The lowest BCUT2D eigenvalue weighted by molar-refractivity contribution is 0.221. The van der Waals surface area contributed by atoms with Gasteiger partial charge in [-0.25, -0.2) is 4.39 Å². The van der Waals surface area contributed by atoms with E-state index in [1.807, 2.05) is 0 Å². The molecule has 1 rings (SSSR count). The Balaban J connectivity index is 2.36. The van der Waals surface area contributed by atoms with Crippen LogP contribution in [0, 0.1) is 0 Å². The molecule has 0 spiro atoms. The molecule has 54 valence electrons. The Kier molecular flexibility index (Phi) is 2.35. The zero-order valence-corrected chi connectivity index (χ0v) is 6.43.